The van der Waals surface area contributed by atoms with Crippen LogP contribution in [-0.4, -0.2) is 19.7 Å². The van der Waals surface area contributed by atoms with E-state index in [1.54, 1.807) is 21.6 Å². The van der Waals surface area contributed by atoms with E-state index in [2.05, 4.69) is 95.6 Å². The highest BCUT2D eigenvalue weighted by atomic mass is 127. The minimum Gasteiger partial charge on any atom is -0.325 e. The normalized spacial score (nSPS) is 25.7. The molecule has 42 heavy (non-hydrogen) atoms. The van der Waals surface area contributed by atoms with Gasteiger partial charge in [0.1, 0.15) is 0 Å². The van der Waals surface area contributed by atoms with E-state index in [0.29, 0.717) is 19.7 Å². The number of hydrogen-bond acceptors (Lipinski definition) is 4. The second-order valence-electron chi connectivity index (χ2n) is 13.0. The van der Waals surface area contributed by atoms with Crippen LogP contribution in [0.2, 0.25) is 0 Å². The van der Waals surface area contributed by atoms with Crippen LogP contribution < -0.4 is 10.6 Å². The molecule has 4 atom stereocenters. The smallest absolute Gasteiger partial charge is 0.231 e. The number of para-hydroxylation sites is 2. The molecule has 4 unspecified atom stereocenters. The van der Waals surface area contributed by atoms with E-state index >= 15 is 0 Å². The summed E-state index contributed by atoms with van der Waals surface area (Å²) in [5, 5.41) is 6.70. The average molecular weight is 833 g/mol. The Balaban J connectivity index is 1.48. The predicted molar refractivity (Wildman–Crippen MR) is 198 cm³/mol. The van der Waals surface area contributed by atoms with E-state index in [-0.39, 0.29) is 22.6 Å². The van der Waals surface area contributed by atoms with Gasteiger partial charge in [0.05, 0.1) is 22.2 Å². The van der Waals surface area contributed by atoms with Gasteiger partial charge in [-0.1, -0.05) is 132 Å². The third-order valence-corrected chi connectivity index (χ3v) is 15.2. The van der Waals surface area contributed by atoms with Crippen LogP contribution in [-0.2, 0) is 9.59 Å². The Bertz CT molecular complexity index is 1130. The van der Waals surface area contributed by atoms with Gasteiger partial charge in [0.2, 0.25) is 11.8 Å². The number of nitrogens with one attached hydrogen (secondary N) is 2. The van der Waals surface area contributed by atoms with E-state index in [9.17, 15) is 9.59 Å². The minimum absolute atomic E-state index is 0.169. The molecule has 2 saturated carbocycles. The molecular weight excluding hydrogens is 786 g/mol. The van der Waals surface area contributed by atoms with Crippen LogP contribution in [0.15, 0.2) is 58.3 Å². The summed E-state index contributed by atoms with van der Waals surface area (Å²) in [5.74, 6) is 1.50. The number of alkyl halides is 2. The zero-order chi connectivity index (χ0) is 30.3. The third kappa shape index (κ3) is 8.22. The van der Waals surface area contributed by atoms with E-state index in [1.807, 2.05) is 36.4 Å². The van der Waals surface area contributed by atoms with Gasteiger partial charge < -0.3 is 10.6 Å². The van der Waals surface area contributed by atoms with Crippen LogP contribution in [0, 0.1) is 22.7 Å². The predicted octanol–water partition coefficient (Wildman–Crippen LogP) is 11.2. The molecule has 0 bridgehead atoms. The number of carbonyl (C=O) groups is 2. The molecule has 2 aromatic carbocycles. The van der Waals surface area contributed by atoms with Crippen molar-refractivity contribution in [3.05, 3.63) is 48.5 Å². The van der Waals surface area contributed by atoms with Gasteiger partial charge >= 0.3 is 0 Å². The quantitative estimate of drug-likeness (QED) is 0.120. The molecule has 2 aromatic rings. The van der Waals surface area contributed by atoms with Gasteiger partial charge in [0.25, 0.3) is 0 Å². The highest BCUT2D eigenvalue weighted by Gasteiger charge is 2.48. The van der Waals surface area contributed by atoms with Gasteiger partial charge in [-0.15, -0.1) is 0 Å². The lowest BCUT2D eigenvalue weighted by molar-refractivity contribution is -0.126. The fourth-order valence-corrected chi connectivity index (χ4v) is 11.3. The molecule has 2 aliphatic carbocycles. The number of carbonyl (C=O) groups excluding carboxylic acids is 2. The first kappa shape index (κ1) is 34.4. The Labute approximate surface area is 288 Å². The molecule has 0 heterocycles. The Morgan fingerprint density at radius 2 is 1.12 bits per heavy atom. The van der Waals surface area contributed by atoms with Gasteiger partial charge in [-0.25, -0.2) is 0 Å². The number of rotatable bonds is 13. The molecular formula is C34H46I2N2O2S2. The van der Waals surface area contributed by atoms with E-state index < -0.39 is 0 Å². The Morgan fingerprint density at radius 3 is 1.45 bits per heavy atom. The fourth-order valence-electron chi connectivity index (χ4n) is 6.32. The first-order valence-electron chi connectivity index (χ1n) is 15.5. The van der Waals surface area contributed by atoms with E-state index in [0.717, 1.165) is 85.4 Å². The number of hydrogen-bond donors (Lipinski definition) is 2. The van der Waals surface area contributed by atoms with Crippen molar-refractivity contribution >= 4 is 90.0 Å². The number of amides is 2. The summed E-state index contributed by atoms with van der Waals surface area (Å²) in [7, 11) is 3.27. The summed E-state index contributed by atoms with van der Waals surface area (Å²) in [4.78, 5) is 29.8. The molecule has 0 aliphatic heterocycles. The molecule has 2 N–H and O–H groups in total. The van der Waals surface area contributed by atoms with Crippen LogP contribution in [0.25, 0.3) is 0 Å². The number of benzene rings is 2. The zero-order valence-electron chi connectivity index (χ0n) is 25.4. The summed E-state index contributed by atoms with van der Waals surface area (Å²) in [6, 6.07) is 16.2. The van der Waals surface area contributed by atoms with E-state index in [4.69, 9.17) is 0 Å². The molecule has 2 amide bonds. The lowest BCUT2D eigenvalue weighted by atomic mass is 9.79. The first-order valence-corrected chi connectivity index (χ1v) is 20.1. The number of anilines is 2. The number of halogens is 2. The molecule has 4 rings (SSSR count). The molecule has 0 radical (unpaired) electrons. The van der Waals surface area contributed by atoms with Crippen molar-refractivity contribution in [1.82, 2.24) is 0 Å². The maximum Gasteiger partial charge on any atom is 0.231 e. The van der Waals surface area contributed by atoms with Gasteiger partial charge in [-0.3, -0.25) is 9.59 Å². The van der Waals surface area contributed by atoms with Crippen molar-refractivity contribution < 1.29 is 9.59 Å². The SMILES string of the molecule is CC(C)CCC1(C(=O)Nc2ccccc2SSc2ccccc2NC(=O)C2(CCC(C)C)CCCC2I)CCCC1I. The fraction of sp³-hybridized carbons (Fsp3) is 0.588. The monoisotopic (exact) mass is 832 g/mol. The Hall–Kier alpha value is -0.460. The topological polar surface area (TPSA) is 58.2 Å². The van der Waals surface area contributed by atoms with Crippen molar-refractivity contribution in [3.8, 4) is 0 Å². The van der Waals surface area contributed by atoms with Crippen LogP contribution in [0.1, 0.15) is 91.9 Å². The Morgan fingerprint density at radius 1 is 0.738 bits per heavy atom. The maximum absolute atomic E-state index is 13.9. The summed E-state index contributed by atoms with van der Waals surface area (Å²) in [6.07, 6.45) is 10.4. The molecule has 2 aliphatic rings. The summed E-state index contributed by atoms with van der Waals surface area (Å²) in [6.45, 7) is 8.97. The van der Waals surface area contributed by atoms with Crippen LogP contribution in [0.5, 0.6) is 0 Å². The van der Waals surface area contributed by atoms with Crippen molar-refractivity contribution in [2.45, 2.75) is 110 Å². The second-order valence-corrected chi connectivity index (χ2v) is 18.2. The van der Waals surface area contributed by atoms with Crippen LogP contribution in [0.4, 0.5) is 11.4 Å². The van der Waals surface area contributed by atoms with Crippen molar-refractivity contribution in [2.75, 3.05) is 10.6 Å². The molecule has 230 valence electrons. The van der Waals surface area contributed by atoms with Crippen LogP contribution >= 0.6 is 66.8 Å². The summed E-state index contributed by atoms with van der Waals surface area (Å²) in [5.41, 5.74) is 1.14. The third-order valence-electron chi connectivity index (χ3n) is 9.09. The molecule has 0 spiro atoms. The lowest BCUT2D eigenvalue weighted by Gasteiger charge is -2.32. The lowest BCUT2D eigenvalue weighted by Crippen LogP contribution is -2.40. The van der Waals surface area contributed by atoms with Crippen LogP contribution in [0.3, 0.4) is 0 Å². The largest absolute Gasteiger partial charge is 0.325 e. The summed E-state index contributed by atoms with van der Waals surface area (Å²) < 4.78 is 0.730. The standard InChI is InChI=1S/C34H46I2N2O2S2/c1-23(2)17-21-33(19-9-15-29(33)35)31(39)37-25-11-5-7-13-27(25)41-42-28-14-8-6-12-26(28)38-32(40)34(22-18-24(3)4)20-10-16-30(34)36/h5-8,11-14,23-24,29-30H,9-10,15-22H2,1-4H3,(H,37,39)(H,38,40). The molecule has 0 saturated heterocycles. The maximum atomic E-state index is 13.9. The van der Waals surface area contributed by atoms with E-state index in [1.165, 1.54) is 0 Å². The molecule has 8 heteroatoms. The minimum atomic E-state index is -0.297. The van der Waals surface area contributed by atoms with Crippen molar-refractivity contribution in [1.29, 1.82) is 0 Å². The molecule has 0 aromatic heterocycles. The average Bonchev–Trinajstić information content (AvgIpc) is 3.53. The van der Waals surface area contributed by atoms with Gasteiger partial charge in [-0.05, 0) is 87.5 Å². The highest BCUT2D eigenvalue weighted by molar-refractivity contribution is 14.1. The molecule has 2 fully saturated rings. The van der Waals surface area contributed by atoms with Crippen molar-refractivity contribution in [3.63, 3.8) is 0 Å². The second kappa shape index (κ2) is 15.7. The molecule has 4 nitrogen and oxygen atoms in total. The summed E-state index contributed by atoms with van der Waals surface area (Å²) >= 11 is 5.03. The van der Waals surface area contributed by atoms with Gasteiger partial charge in [-0.2, -0.15) is 0 Å². The van der Waals surface area contributed by atoms with Gasteiger partial charge in [0, 0.05) is 17.6 Å². The Kier molecular flexibility index (Phi) is 12.9. The van der Waals surface area contributed by atoms with Gasteiger partial charge in [0.15, 0.2) is 0 Å². The first-order chi connectivity index (χ1) is 20.1. The highest BCUT2D eigenvalue weighted by Crippen LogP contribution is 2.50. The zero-order valence-corrected chi connectivity index (χ0v) is 31.3. The van der Waals surface area contributed by atoms with Crippen molar-refractivity contribution in [2.24, 2.45) is 22.7 Å².